The molecule has 176 valence electrons. The summed E-state index contributed by atoms with van der Waals surface area (Å²) in [5.41, 5.74) is 2.21. The second-order valence-electron chi connectivity index (χ2n) is 8.03. The molecule has 0 N–H and O–H groups in total. The smallest absolute Gasteiger partial charge is 0.231 e. The monoisotopic (exact) mass is 472 g/mol. The first-order valence-corrected chi connectivity index (χ1v) is 11.0. The molecular weight excluding hydrogens is 444 g/mol. The molecule has 0 amide bonds. The van der Waals surface area contributed by atoms with E-state index in [4.69, 9.17) is 14.2 Å². The van der Waals surface area contributed by atoms with Crippen LogP contribution in [-0.4, -0.2) is 76.6 Å². The molecule has 2 aromatic carbocycles. The van der Waals surface area contributed by atoms with Gasteiger partial charge in [-0.05, 0) is 52.4 Å². The molecule has 2 aliphatic rings. The van der Waals surface area contributed by atoms with Crippen LogP contribution in [0.15, 0.2) is 42.5 Å². The number of halogens is 1. The van der Waals surface area contributed by atoms with Gasteiger partial charge in [-0.1, -0.05) is 25.1 Å². The van der Waals surface area contributed by atoms with Gasteiger partial charge in [-0.25, -0.2) is 4.68 Å². The van der Waals surface area contributed by atoms with Gasteiger partial charge in [0.25, 0.3) is 0 Å². The number of piperazine rings is 1. The molecule has 1 atom stereocenters. The molecular formula is C23H29ClN6O3. The number of ether oxygens (including phenoxy) is 3. The fourth-order valence-electron chi connectivity index (χ4n) is 4.38. The third-order valence-electron chi connectivity index (χ3n) is 6.22. The van der Waals surface area contributed by atoms with Crippen LogP contribution >= 0.6 is 12.4 Å². The van der Waals surface area contributed by atoms with Gasteiger partial charge < -0.3 is 19.1 Å². The number of fused-ring (bicyclic) bond motifs is 1. The number of hydrogen-bond acceptors (Lipinski definition) is 8. The highest BCUT2D eigenvalue weighted by molar-refractivity contribution is 5.85. The van der Waals surface area contributed by atoms with E-state index in [2.05, 4.69) is 44.4 Å². The van der Waals surface area contributed by atoms with E-state index < -0.39 is 0 Å². The number of methoxy groups -OCH3 is 1. The Balaban J connectivity index is 0.00000259. The minimum Gasteiger partial charge on any atom is -0.497 e. The Morgan fingerprint density at radius 2 is 1.76 bits per heavy atom. The highest BCUT2D eigenvalue weighted by atomic mass is 35.5. The summed E-state index contributed by atoms with van der Waals surface area (Å²) in [6.07, 6.45) is 0. The summed E-state index contributed by atoms with van der Waals surface area (Å²) in [5.74, 6) is 3.20. The van der Waals surface area contributed by atoms with Crippen molar-refractivity contribution in [1.82, 2.24) is 30.0 Å². The summed E-state index contributed by atoms with van der Waals surface area (Å²) in [6, 6.07) is 14.1. The van der Waals surface area contributed by atoms with Crippen molar-refractivity contribution in [2.24, 2.45) is 0 Å². The number of aromatic nitrogens is 4. The van der Waals surface area contributed by atoms with Crippen LogP contribution in [0.4, 0.5) is 0 Å². The quantitative estimate of drug-likeness (QED) is 0.519. The average molecular weight is 473 g/mol. The number of tetrazole rings is 1. The van der Waals surface area contributed by atoms with Gasteiger partial charge in [0, 0.05) is 26.2 Å². The van der Waals surface area contributed by atoms with Gasteiger partial charge >= 0.3 is 0 Å². The molecule has 0 aliphatic carbocycles. The Morgan fingerprint density at radius 3 is 2.48 bits per heavy atom. The first-order valence-electron chi connectivity index (χ1n) is 11.0. The van der Waals surface area contributed by atoms with Gasteiger partial charge in [0.05, 0.1) is 19.7 Å². The summed E-state index contributed by atoms with van der Waals surface area (Å²) in [7, 11) is 1.68. The molecule has 3 heterocycles. The van der Waals surface area contributed by atoms with Crippen molar-refractivity contribution in [3.05, 3.63) is 59.4 Å². The Hall–Kier alpha value is -2.88. The van der Waals surface area contributed by atoms with Crippen molar-refractivity contribution in [1.29, 1.82) is 0 Å². The van der Waals surface area contributed by atoms with Crippen LogP contribution in [0, 0.1) is 0 Å². The summed E-state index contributed by atoms with van der Waals surface area (Å²) in [4.78, 5) is 4.94. The van der Waals surface area contributed by atoms with Crippen molar-refractivity contribution in [3.63, 3.8) is 0 Å². The van der Waals surface area contributed by atoms with Crippen LogP contribution in [-0.2, 0) is 6.54 Å². The fraction of sp³-hybridized carbons (Fsp3) is 0.435. The molecule has 0 saturated carbocycles. The van der Waals surface area contributed by atoms with Gasteiger partial charge in [-0.15, -0.1) is 17.5 Å². The number of likely N-dealkylation sites (N-methyl/N-ethyl adjacent to an activating group) is 1. The lowest BCUT2D eigenvalue weighted by Gasteiger charge is -2.38. The topological polar surface area (TPSA) is 77.8 Å². The van der Waals surface area contributed by atoms with Crippen LogP contribution in [0.1, 0.15) is 29.9 Å². The lowest BCUT2D eigenvalue weighted by molar-refractivity contribution is 0.108. The predicted octanol–water partition coefficient (Wildman–Crippen LogP) is 2.61. The Kier molecular flexibility index (Phi) is 7.32. The highest BCUT2D eigenvalue weighted by Crippen LogP contribution is 2.33. The fourth-order valence-corrected chi connectivity index (χ4v) is 4.38. The molecule has 1 unspecified atom stereocenters. The van der Waals surface area contributed by atoms with Crippen LogP contribution < -0.4 is 14.2 Å². The maximum absolute atomic E-state index is 5.54. The third-order valence-corrected chi connectivity index (χ3v) is 6.22. The van der Waals surface area contributed by atoms with E-state index >= 15 is 0 Å². The lowest BCUT2D eigenvalue weighted by atomic mass is 10.0. The summed E-state index contributed by atoms with van der Waals surface area (Å²) in [6.45, 7) is 8.09. The molecule has 33 heavy (non-hydrogen) atoms. The van der Waals surface area contributed by atoms with E-state index in [9.17, 15) is 0 Å². The summed E-state index contributed by atoms with van der Waals surface area (Å²) >= 11 is 0. The SMILES string of the molecule is CCN1CCN(C(c2ccc(OC)cc2)c2nnnn2Cc2ccc3c(c2)OCO3)CC1.Cl. The number of hydrogen-bond donors (Lipinski definition) is 0. The summed E-state index contributed by atoms with van der Waals surface area (Å²) < 4.78 is 18.2. The van der Waals surface area contributed by atoms with Gasteiger partial charge in [0.15, 0.2) is 17.3 Å². The van der Waals surface area contributed by atoms with Gasteiger partial charge in [0.1, 0.15) is 5.75 Å². The minimum absolute atomic E-state index is 0. The normalized spacial score (nSPS) is 16.9. The van der Waals surface area contributed by atoms with Crippen LogP contribution in [0.2, 0.25) is 0 Å². The van der Waals surface area contributed by atoms with Gasteiger partial charge in [-0.3, -0.25) is 4.90 Å². The molecule has 0 bridgehead atoms. The van der Waals surface area contributed by atoms with Crippen molar-refractivity contribution in [2.45, 2.75) is 19.5 Å². The second kappa shape index (κ2) is 10.4. The van der Waals surface area contributed by atoms with Crippen LogP contribution in [0.25, 0.3) is 0 Å². The standard InChI is InChI=1S/C23H28N6O3.ClH/c1-3-27-10-12-28(13-11-27)22(18-5-7-19(30-2)8-6-18)23-24-25-26-29(23)15-17-4-9-20-21(14-17)32-16-31-20;/h4-9,14,22H,3,10-13,15-16H2,1-2H3;1H. The molecule has 3 aromatic rings. The molecule has 2 aliphatic heterocycles. The molecule has 1 aromatic heterocycles. The first-order chi connectivity index (χ1) is 15.7. The maximum atomic E-state index is 5.54. The zero-order chi connectivity index (χ0) is 21.9. The van der Waals surface area contributed by atoms with Crippen molar-refractivity contribution in [3.8, 4) is 17.2 Å². The summed E-state index contributed by atoms with van der Waals surface area (Å²) in [5, 5.41) is 12.9. The Labute approximate surface area is 199 Å². The van der Waals surface area contributed by atoms with E-state index in [1.54, 1.807) is 7.11 Å². The third kappa shape index (κ3) is 4.90. The van der Waals surface area contributed by atoms with E-state index in [0.29, 0.717) is 6.54 Å². The molecule has 0 radical (unpaired) electrons. The number of benzene rings is 2. The predicted molar refractivity (Wildman–Crippen MR) is 125 cm³/mol. The van der Waals surface area contributed by atoms with Crippen molar-refractivity contribution in [2.75, 3.05) is 46.6 Å². The van der Waals surface area contributed by atoms with E-state index in [1.807, 2.05) is 35.0 Å². The Bertz CT molecular complexity index is 1050. The molecule has 10 heteroatoms. The van der Waals surface area contributed by atoms with E-state index in [-0.39, 0.29) is 25.2 Å². The average Bonchev–Trinajstić information content (AvgIpc) is 3.50. The minimum atomic E-state index is -0.0380. The van der Waals surface area contributed by atoms with Crippen LogP contribution in [0.5, 0.6) is 17.2 Å². The van der Waals surface area contributed by atoms with Gasteiger partial charge in [0.2, 0.25) is 6.79 Å². The second-order valence-corrected chi connectivity index (χ2v) is 8.03. The largest absolute Gasteiger partial charge is 0.497 e. The van der Waals surface area contributed by atoms with E-state index in [0.717, 1.165) is 66.9 Å². The zero-order valence-electron chi connectivity index (χ0n) is 18.9. The zero-order valence-corrected chi connectivity index (χ0v) is 19.7. The number of nitrogens with zero attached hydrogens (tertiary/aromatic N) is 6. The number of rotatable bonds is 7. The lowest BCUT2D eigenvalue weighted by Crippen LogP contribution is -2.48. The molecule has 5 rings (SSSR count). The van der Waals surface area contributed by atoms with Crippen molar-refractivity contribution >= 4 is 12.4 Å². The first kappa shape index (κ1) is 23.3. The van der Waals surface area contributed by atoms with Crippen molar-refractivity contribution < 1.29 is 14.2 Å². The molecule has 1 saturated heterocycles. The molecule has 1 fully saturated rings. The Morgan fingerprint density at radius 1 is 1.00 bits per heavy atom. The van der Waals surface area contributed by atoms with Gasteiger partial charge in [-0.2, -0.15) is 0 Å². The highest BCUT2D eigenvalue weighted by Gasteiger charge is 2.30. The molecule has 9 nitrogen and oxygen atoms in total. The molecule has 0 spiro atoms. The van der Waals surface area contributed by atoms with E-state index in [1.165, 1.54) is 0 Å². The van der Waals surface area contributed by atoms with Crippen LogP contribution in [0.3, 0.4) is 0 Å². The maximum Gasteiger partial charge on any atom is 0.231 e.